The number of nitrogens with zero attached hydrogens (tertiary/aromatic N) is 1. The molecule has 0 bridgehead atoms. The normalized spacial score (nSPS) is 14.9. The highest BCUT2D eigenvalue weighted by atomic mass is 35.5. The molecule has 0 saturated carbocycles. The lowest BCUT2D eigenvalue weighted by atomic mass is 9.88. The van der Waals surface area contributed by atoms with Gasteiger partial charge >= 0.3 is 0 Å². The number of ether oxygens (including phenoxy) is 1. The fourth-order valence-electron chi connectivity index (χ4n) is 3.37. The quantitative estimate of drug-likeness (QED) is 0.614. The first-order valence-electron chi connectivity index (χ1n) is 9.55. The van der Waals surface area contributed by atoms with Crippen LogP contribution in [-0.4, -0.2) is 16.7 Å². The van der Waals surface area contributed by atoms with E-state index in [0.717, 1.165) is 11.3 Å². The van der Waals surface area contributed by atoms with Crippen molar-refractivity contribution in [2.45, 2.75) is 18.9 Å². The molecule has 6 heteroatoms. The molecule has 1 unspecified atom stereocenters. The van der Waals surface area contributed by atoms with Gasteiger partial charge in [-0.3, -0.25) is 14.6 Å². The maximum atomic E-state index is 13.0. The summed E-state index contributed by atoms with van der Waals surface area (Å²) >= 11 is 6.18. The van der Waals surface area contributed by atoms with E-state index in [1.807, 2.05) is 42.5 Å². The first-order chi connectivity index (χ1) is 14.6. The number of hydrogen-bond donors (Lipinski definition) is 1. The Hall–Kier alpha value is -3.44. The van der Waals surface area contributed by atoms with Crippen molar-refractivity contribution < 1.29 is 14.3 Å². The molecule has 0 radical (unpaired) electrons. The molecule has 30 heavy (non-hydrogen) atoms. The average Bonchev–Trinajstić information content (AvgIpc) is 2.93. The van der Waals surface area contributed by atoms with Crippen LogP contribution in [-0.2, 0) is 22.6 Å². The number of fused-ring (bicyclic) bond motifs is 2. The molecule has 1 aliphatic rings. The van der Waals surface area contributed by atoms with Crippen molar-refractivity contribution in [3.63, 3.8) is 0 Å². The number of amides is 1. The zero-order valence-corrected chi connectivity index (χ0v) is 16.8. The highest BCUT2D eigenvalue weighted by Crippen LogP contribution is 2.40. The molecule has 1 aromatic heterocycles. The Kier molecular flexibility index (Phi) is 5.91. The molecule has 0 spiro atoms. The van der Waals surface area contributed by atoms with E-state index in [9.17, 15) is 9.59 Å². The summed E-state index contributed by atoms with van der Waals surface area (Å²) in [6.07, 6.45) is 4.70. The van der Waals surface area contributed by atoms with E-state index in [-0.39, 0.29) is 11.7 Å². The van der Waals surface area contributed by atoms with Crippen molar-refractivity contribution >= 4 is 23.3 Å². The van der Waals surface area contributed by atoms with Gasteiger partial charge in [-0.1, -0.05) is 35.9 Å². The second-order valence-corrected chi connectivity index (χ2v) is 7.36. The Bertz CT molecular complexity index is 1110. The molecule has 0 saturated heterocycles. The third-order valence-corrected chi connectivity index (χ3v) is 5.11. The highest BCUT2D eigenvalue weighted by molar-refractivity contribution is 6.30. The molecule has 1 amide bonds. The number of halogens is 1. The van der Waals surface area contributed by atoms with Gasteiger partial charge in [0, 0.05) is 22.9 Å². The predicted octanol–water partition coefficient (Wildman–Crippen LogP) is 4.61. The second kappa shape index (κ2) is 8.93. The number of benzene rings is 2. The van der Waals surface area contributed by atoms with Gasteiger partial charge in [-0.05, 0) is 54.5 Å². The van der Waals surface area contributed by atoms with Gasteiger partial charge in [0.1, 0.15) is 11.5 Å². The summed E-state index contributed by atoms with van der Waals surface area (Å²) < 4.78 is 6.03. The van der Waals surface area contributed by atoms with Crippen molar-refractivity contribution in [2.75, 3.05) is 0 Å². The SMILES string of the molecule is O=C(/C=C\C(=O)C1Cc2ccccc2Oc2ccc(Cl)cc21)NCc1ccccn1. The lowest BCUT2D eigenvalue weighted by molar-refractivity contribution is -0.118. The lowest BCUT2D eigenvalue weighted by Gasteiger charge is -2.14. The first kappa shape index (κ1) is 19.9. The second-order valence-electron chi connectivity index (χ2n) is 6.92. The first-order valence-corrected chi connectivity index (χ1v) is 9.93. The number of hydrogen-bond acceptors (Lipinski definition) is 4. The Balaban J connectivity index is 1.53. The summed E-state index contributed by atoms with van der Waals surface area (Å²) in [5.41, 5.74) is 2.38. The molecule has 150 valence electrons. The molecule has 0 fully saturated rings. The fourth-order valence-corrected chi connectivity index (χ4v) is 3.55. The van der Waals surface area contributed by atoms with E-state index >= 15 is 0 Å². The van der Waals surface area contributed by atoms with Crippen LogP contribution in [0.2, 0.25) is 5.02 Å². The third kappa shape index (κ3) is 4.58. The van der Waals surface area contributed by atoms with Gasteiger partial charge in [-0.2, -0.15) is 0 Å². The summed E-state index contributed by atoms with van der Waals surface area (Å²) in [4.78, 5) is 29.3. The average molecular weight is 419 g/mol. The summed E-state index contributed by atoms with van der Waals surface area (Å²) in [5, 5.41) is 3.25. The van der Waals surface area contributed by atoms with Crippen LogP contribution in [0.5, 0.6) is 11.5 Å². The van der Waals surface area contributed by atoms with Gasteiger partial charge in [0.2, 0.25) is 5.91 Å². The number of allylic oxidation sites excluding steroid dienone is 1. The van der Waals surface area contributed by atoms with Crippen LogP contribution in [0.1, 0.15) is 22.7 Å². The lowest BCUT2D eigenvalue weighted by Crippen LogP contribution is -2.21. The molecular weight excluding hydrogens is 400 g/mol. The molecule has 1 atom stereocenters. The van der Waals surface area contributed by atoms with Crippen molar-refractivity contribution in [3.8, 4) is 11.5 Å². The number of aromatic nitrogens is 1. The molecule has 5 nitrogen and oxygen atoms in total. The van der Waals surface area contributed by atoms with Crippen LogP contribution in [0, 0.1) is 0 Å². The molecule has 2 heterocycles. The number of rotatable bonds is 5. The maximum absolute atomic E-state index is 13.0. The van der Waals surface area contributed by atoms with Gasteiger partial charge in [-0.15, -0.1) is 0 Å². The summed E-state index contributed by atoms with van der Waals surface area (Å²) in [7, 11) is 0. The minimum Gasteiger partial charge on any atom is -0.457 e. The zero-order valence-electron chi connectivity index (χ0n) is 16.0. The number of pyridine rings is 1. The van der Waals surface area contributed by atoms with Gasteiger partial charge in [-0.25, -0.2) is 0 Å². The topological polar surface area (TPSA) is 68.3 Å². The Morgan fingerprint density at radius 2 is 1.90 bits per heavy atom. The van der Waals surface area contributed by atoms with E-state index in [2.05, 4.69) is 10.3 Å². The Labute approximate surface area is 179 Å². The number of nitrogens with one attached hydrogen (secondary N) is 1. The summed E-state index contributed by atoms with van der Waals surface area (Å²) in [6.45, 7) is 0.293. The molecule has 4 rings (SSSR count). The maximum Gasteiger partial charge on any atom is 0.244 e. The van der Waals surface area contributed by atoms with Gasteiger partial charge in [0.15, 0.2) is 5.78 Å². The van der Waals surface area contributed by atoms with Crippen LogP contribution in [0.3, 0.4) is 0 Å². The molecular formula is C24H19ClN2O3. The highest BCUT2D eigenvalue weighted by Gasteiger charge is 2.28. The van der Waals surface area contributed by atoms with Crippen molar-refractivity contribution in [2.24, 2.45) is 0 Å². The van der Waals surface area contributed by atoms with Crippen molar-refractivity contribution in [1.82, 2.24) is 10.3 Å². The van der Waals surface area contributed by atoms with Gasteiger partial charge in [0.25, 0.3) is 0 Å². The monoisotopic (exact) mass is 418 g/mol. The number of carbonyl (C=O) groups is 2. The minimum atomic E-state index is -0.498. The van der Waals surface area contributed by atoms with Gasteiger partial charge in [0.05, 0.1) is 18.2 Å². The van der Waals surface area contributed by atoms with Crippen molar-refractivity contribution in [1.29, 1.82) is 0 Å². The van der Waals surface area contributed by atoms with E-state index < -0.39 is 5.92 Å². The molecule has 2 aromatic carbocycles. The number of carbonyl (C=O) groups excluding carboxylic acids is 2. The minimum absolute atomic E-state index is 0.188. The predicted molar refractivity (Wildman–Crippen MR) is 115 cm³/mol. The Morgan fingerprint density at radius 3 is 2.73 bits per heavy atom. The largest absolute Gasteiger partial charge is 0.457 e. The fraction of sp³-hybridized carbons (Fsp3) is 0.125. The van der Waals surface area contributed by atoms with E-state index in [1.165, 1.54) is 12.2 Å². The standard InChI is InChI=1S/C24H19ClN2O3/c25-17-8-10-23-20(14-17)19(13-16-5-1-2-7-22(16)30-23)21(28)9-11-24(29)27-15-18-6-3-4-12-26-18/h1-12,14,19H,13,15H2,(H,27,29)/b11-9-. The molecule has 3 aromatic rings. The Morgan fingerprint density at radius 1 is 1.07 bits per heavy atom. The smallest absolute Gasteiger partial charge is 0.244 e. The molecule has 1 aliphatic heterocycles. The van der Waals surface area contributed by atoms with Crippen LogP contribution in [0.25, 0.3) is 0 Å². The zero-order chi connectivity index (χ0) is 20.9. The van der Waals surface area contributed by atoms with E-state index in [0.29, 0.717) is 35.1 Å². The molecule has 1 N–H and O–H groups in total. The van der Waals surface area contributed by atoms with Crippen LogP contribution in [0.15, 0.2) is 79.0 Å². The third-order valence-electron chi connectivity index (χ3n) is 4.88. The van der Waals surface area contributed by atoms with Gasteiger partial charge < -0.3 is 10.1 Å². The van der Waals surface area contributed by atoms with E-state index in [1.54, 1.807) is 24.4 Å². The van der Waals surface area contributed by atoms with Crippen LogP contribution < -0.4 is 10.1 Å². The van der Waals surface area contributed by atoms with Crippen LogP contribution in [0.4, 0.5) is 0 Å². The number of ketones is 1. The summed E-state index contributed by atoms with van der Waals surface area (Å²) in [5.74, 6) is 0.267. The molecule has 0 aliphatic carbocycles. The summed E-state index contributed by atoms with van der Waals surface area (Å²) in [6, 6.07) is 18.3. The van der Waals surface area contributed by atoms with Crippen LogP contribution >= 0.6 is 11.6 Å². The number of para-hydroxylation sites is 1. The van der Waals surface area contributed by atoms with E-state index in [4.69, 9.17) is 16.3 Å². The van der Waals surface area contributed by atoms with Crippen molar-refractivity contribution in [3.05, 3.63) is 101 Å².